The van der Waals surface area contributed by atoms with Crippen molar-refractivity contribution in [2.75, 3.05) is 13.2 Å². The maximum Gasteiger partial charge on any atom is 0.0951 e. The number of alkyl halides is 1. The summed E-state index contributed by atoms with van der Waals surface area (Å²) < 4.78 is 12.1. The van der Waals surface area contributed by atoms with E-state index in [9.17, 15) is 4.39 Å². The average molecular weight is 129 g/mol. The molecule has 0 unspecified atom stereocenters. The van der Waals surface area contributed by atoms with Gasteiger partial charge in [-0.3, -0.25) is 4.39 Å². The van der Waals surface area contributed by atoms with Crippen molar-refractivity contribution < 1.29 is 4.39 Å². The summed E-state index contributed by atoms with van der Waals surface area (Å²) in [6.07, 6.45) is 3.19. The lowest BCUT2D eigenvalue weighted by Crippen LogP contribution is -2.65. The van der Waals surface area contributed by atoms with Gasteiger partial charge in [-0.05, 0) is 31.2 Å². The van der Waals surface area contributed by atoms with Crippen LogP contribution >= 0.6 is 0 Å². The first-order valence-electron chi connectivity index (χ1n) is 3.50. The zero-order valence-electron chi connectivity index (χ0n) is 5.49. The highest BCUT2D eigenvalue weighted by molar-refractivity contribution is 5.17. The molecule has 3 aliphatic rings. The van der Waals surface area contributed by atoms with Crippen molar-refractivity contribution in [2.24, 2.45) is 16.6 Å². The van der Waals surface area contributed by atoms with Gasteiger partial charge in [-0.2, -0.15) is 0 Å². The Morgan fingerprint density at radius 3 is 2.11 bits per heavy atom. The van der Waals surface area contributed by atoms with Crippen LogP contribution in [0.5, 0.6) is 0 Å². The third-order valence-corrected chi connectivity index (χ3v) is 2.97. The molecule has 1 nitrogen and oxygen atoms in total. The van der Waals surface area contributed by atoms with Gasteiger partial charge in [-0.15, -0.1) is 0 Å². The molecule has 0 spiro atoms. The zero-order chi connectivity index (χ0) is 6.54. The molecule has 3 fully saturated rings. The van der Waals surface area contributed by atoms with Crippen molar-refractivity contribution in [1.82, 2.24) is 0 Å². The van der Waals surface area contributed by atoms with Gasteiger partial charge >= 0.3 is 0 Å². The summed E-state index contributed by atoms with van der Waals surface area (Å²) in [5.74, 6) is 0. The molecular formula is C7H12FN. The summed E-state index contributed by atoms with van der Waals surface area (Å²) in [7, 11) is 0. The van der Waals surface area contributed by atoms with Gasteiger partial charge in [0, 0.05) is 5.41 Å². The largest absolute Gasteiger partial charge is 0.330 e. The highest BCUT2D eigenvalue weighted by Gasteiger charge is 2.66. The topological polar surface area (TPSA) is 26.0 Å². The highest BCUT2D eigenvalue weighted by Crippen LogP contribution is 2.72. The lowest BCUT2D eigenvalue weighted by molar-refractivity contribution is -0.204. The minimum Gasteiger partial charge on any atom is -0.330 e. The Bertz CT molecular complexity index is 110. The normalized spacial score (nSPS) is 54.0. The first-order chi connectivity index (χ1) is 4.24. The summed E-state index contributed by atoms with van der Waals surface area (Å²) >= 11 is 0. The van der Waals surface area contributed by atoms with Crippen molar-refractivity contribution in [2.45, 2.75) is 19.3 Å². The minimum absolute atomic E-state index is 0.116. The van der Waals surface area contributed by atoms with E-state index in [4.69, 9.17) is 5.73 Å². The molecule has 2 bridgehead atoms. The SMILES string of the molecule is NCC12CC(CF)(C1)C2. The predicted octanol–water partition coefficient (Wildman–Crippen LogP) is 1.08. The van der Waals surface area contributed by atoms with Gasteiger partial charge in [0.25, 0.3) is 0 Å². The van der Waals surface area contributed by atoms with Gasteiger partial charge in [0.05, 0.1) is 6.67 Å². The van der Waals surface area contributed by atoms with Crippen LogP contribution in [0.4, 0.5) is 4.39 Å². The molecule has 0 aliphatic heterocycles. The molecule has 0 aromatic heterocycles. The second kappa shape index (κ2) is 1.31. The molecule has 0 aromatic rings. The van der Waals surface area contributed by atoms with Crippen LogP contribution in [0.3, 0.4) is 0 Å². The minimum atomic E-state index is -0.116. The van der Waals surface area contributed by atoms with E-state index in [1.165, 1.54) is 0 Å². The van der Waals surface area contributed by atoms with Crippen LogP contribution < -0.4 is 5.73 Å². The summed E-state index contributed by atoms with van der Waals surface area (Å²) in [6.45, 7) is 0.656. The van der Waals surface area contributed by atoms with E-state index in [1.807, 2.05) is 0 Å². The van der Waals surface area contributed by atoms with Crippen LogP contribution in [-0.2, 0) is 0 Å². The Labute approximate surface area is 54.4 Å². The van der Waals surface area contributed by atoms with Crippen LogP contribution in [0.25, 0.3) is 0 Å². The average Bonchev–Trinajstić information content (AvgIpc) is 1.62. The summed E-state index contributed by atoms with van der Waals surface area (Å²) in [4.78, 5) is 0. The van der Waals surface area contributed by atoms with Crippen molar-refractivity contribution in [3.63, 3.8) is 0 Å². The van der Waals surface area contributed by atoms with Gasteiger partial charge in [-0.1, -0.05) is 0 Å². The number of halogens is 1. The highest BCUT2D eigenvalue weighted by atomic mass is 19.1. The van der Waals surface area contributed by atoms with E-state index in [1.54, 1.807) is 0 Å². The maximum absolute atomic E-state index is 12.1. The third-order valence-electron chi connectivity index (χ3n) is 2.97. The Morgan fingerprint density at radius 2 is 1.78 bits per heavy atom. The van der Waals surface area contributed by atoms with E-state index >= 15 is 0 Å². The number of rotatable bonds is 2. The Hall–Kier alpha value is -0.110. The monoisotopic (exact) mass is 129 g/mol. The van der Waals surface area contributed by atoms with E-state index in [0.29, 0.717) is 5.41 Å². The molecule has 0 amide bonds. The molecule has 52 valence electrons. The second-order valence-corrected chi connectivity index (χ2v) is 3.87. The molecule has 3 aliphatic carbocycles. The molecule has 0 atom stereocenters. The fourth-order valence-corrected chi connectivity index (χ4v) is 2.59. The first-order valence-corrected chi connectivity index (χ1v) is 3.50. The van der Waals surface area contributed by atoms with Gasteiger partial charge in [0.15, 0.2) is 0 Å². The van der Waals surface area contributed by atoms with Crippen LogP contribution in [0.2, 0.25) is 0 Å². The molecular weight excluding hydrogens is 117 g/mol. The Kier molecular flexibility index (Phi) is 0.825. The van der Waals surface area contributed by atoms with Crippen LogP contribution in [0.1, 0.15) is 19.3 Å². The summed E-state index contributed by atoms with van der Waals surface area (Å²) in [5, 5.41) is 0. The molecule has 0 saturated heterocycles. The number of nitrogens with two attached hydrogens (primary N) is 1. The molecule has 0 aromatic carbocycles. The van der Waals surface area contributed by atoms with Crippen LogP contribution in [-0.4, -0.2) is 13.2 Å². The van der Waals surface area contributed by atoms with E-state index in [-0.39, 0.29) is 12.1 Å². The molecule has 3 rings (SSSR count). The van der Waals surface area contributed by atoms with Gasteiger partial charge in [-0.25, -0.2) is 0 Å². The lowest BCUT2D eigenvalue weighted by atomic mass is 9.35. The van der Waals surface area contributed by atoms with Crippen molar-refractivity contribution in [1.29, 1.82) is 0 Å². The van der Waals surface area contributed by atoms with Crippen molar-refractivity contribution >= 4 is 0 Å². The van der Waals surface area contributed by atoms with Crippen molar-refractivity contribution in [3.05, 3.63) is 0 Å². The maximum atomic E-state index is 12.1. The smallest absolute Gasteiger partial charge is 0.0951 e. The quantitative estimate of drug-likeness (QED) is 0.593. The zero-order valence-corrected chi connectivity index (χ0v) is 5.49. The van der Waals surface area contributed by atoms with E-state index < -0.39 is 0 Å². The molecule has 3 saturated carbocycles. The molecule has 9 heavy (non-hydrogen) atoms. The van der Waals surface area contributed by atoms with Gasteiger partial charge in [0.2, 0.25) is 0 Å². The predicted molar refractivity (Wildman–Crippen MR) is 33.7 cm³/mol. The van der Waals surface area contributed by atoms with Crippen LogP contribution in [0.15, 0.2) is 0 Å². The van der Waals surface area contributed by atoms with Gasteiger partial charge in [0.1, 0.15) is 0 Å². The summed E-state index contributed by atoms with van der Waals surface area (Å²) in [5.41, 5.74) is 6.03. The fourth-order valence-electron chi connectivity index (χ4n) is 2.59. The van der Waals surface area contributed by atoms with Crippen molar-refractivity contribution in [3.8, 4) is 0 Å². The van der Waals surface area contributed by atoms with E-state index in [2.05, 4.69) is 0 Å². The number of hydrogen-bond acceptors (Lipinski definition) is 1. The van der Waals surface area contributed by atoms with Crippen LogP contribution in [0, 0.1) is 10.8 Å². The Balaban J connectivity index is 1.96. The molecule has 2 heteroatoms. The molecule has 2 N–H and O–H groups in total. The standard InChI is InChI=1S/C7H12FN/c8-4-6-1-7(2-6,3-6)5-9/h1-5,9H2. The van der Waals surface area contributed by atoms with E-state index in [0.717, 1.165) is 25.8 Å². The first kappa shape index (κ1) is 5.66. The molecule has 0 radical (unpaired) electrons. The number of hydrogen-bond donors (Lipinski definition) is 1. The third kappa shape index (κ3) is 0.480. The Morgan fingerprint density at radius 1 is 1.22 bits per heavy atom. The summed E-state index contributed by atoms with van der Waals surface area (Å²) in [6, 6.07) is 0. The molecule has 0 heterocycles. The second-order valence-electron chi connectivity index (χ2n) is 3.87. The lowest BCUT2D eigenvalue weighted by Gasteiger charge is -2.69. The van der Waals surface area contributed by atoms with Gasteiger partial charge < -0.3 is 5.73 Å². The fraction of sp³-hybridized carbons (Fsp3) is 1.00.